The summed E-state index contributed by atoms with van der Waals surface area (Å²) in [4.78, 5) is 26.9. The molecule has 0 bridgehead atoms. The Kier molecular flexibility index (Phi) is 6.65. The van der Waals surface area contributed by atoms with Crippen molar-refractivity contribution in [2.24, 2.45) is 5.41 Å². The van der Waals surface area contributed by atoms with Crippen molar-refractivity contribution in [3.63, 3.8) is 0 Å². The van der Waals surface area contributed by atoms with E-state index in [0.717, 1.165) is 38.8 Å². The highest BCUT2D eigenvalue weighted by atomic mass is 16.4. The number of rotatable bonds is 5. The molecule has 21 heavy (non-hydrogen) atoms. The van der Waals surface area contributed by atoms with Crippen molar-refractivity contribution in [1.29, 1.82) is 0 Å². The van der Waals surface area contributed by atoms with Gasteiger partial charge in [0.15, 0.2) is 0 Å². The largest absolute Gasteiger partial charge is 0.480 e. The van der Waals surface area contributed by atoms with E-state index in [2.05, 4.69) is 20.8 Å². The second-order valence-corrected chi connectivity index (χ2v) is 7.34. The molecule has 1 saturated heterocycles. The highest BCUT2D eigenvalue weighted by Crippen LogP contribution is 2.22. The molecule has 1 rings (SSSR count). The number of likely N-dealkylation sites (N-methyl/N-ethyl adjacent to an activating group) is 1. The average Bonchev–Trinajstić information content (AvgIpc) is 2.60. The maximum atomic E-state index is 12.3. The molecule has 5 heteroatoms. The summed E-state index contributed by atoms with van der Waals surface area (Å²) in [5.41, 5.74) is 0.186. The summed E-state index contributed by atoms with van der Waals surface area (Å²) in [5.74, 6) is -0.550. The number of carbonyl (C=O) groups is 2. The molecular formula is C16H30N2O3. The van der Waals surface area contributed by atoms with Gasteiger partial charge in [0.25, 0.3) is 0 Å². The van der Waals surface area contributed by atoms with E-state index in [1.54, 1.807) is 0 Å². The van der Waals surface area contributed by atoms with E-state index in [4.69, 9.17) is 5.11 Å². The quantitative estimate of drug-likeness (QED) is 0.845. The maximum Gasteiger partial charge on any atom is 0.317 e. The van der Waals surface area contributed by atoms with Gasteiger partial charge in [-0.15, -0.1) is 0 Å². The fraction of sp³-hybridized carbons (Fsp3) is 0.875. The predicted molar refractivity (Wildman–Crippen MR) is 83.2 cm³/mol. The lowest BCUT2D eigenvalue weighted by atomic mass is 9.90. The third kappa shape index (κ3) is 6.93. The van der Waals surface area contributed by atoms with Crippen LogP contribution in [0.5, 0.6) is 0 Å². The zero-order valence-corrected chi connectivity index (χ0v) is 13.9. The Balaban J connectivity index is 2.44. The summed E-state index contributed by atoms with van der Waals surface area (Å²) in [6.45, 7) is 8.08. The topological polar surface area (TPSA) is 60.9 Å². The Hall–Kier alpha value is -1.10. The summed E-state index contributed by atoms with van der Waals surface area (Å²) in [6, 6.07) is 0.265. The van der Waals surface area contributed by atoms with Gasteiger partial charge in [0.2, 0.25) is 5.91 Å². The van der Waals surface area contributed by atoms with E-state index >= 15 is 0 Å². The number of carboxylic acid groups (broad SMARTS) is 1. The summed E-state index contributed by atoms with van der Waals surface area (Å²) < 4.78 is 0. The fourth-order valence-corrected chi connectivity index (χ4v) is 2.75. The molecule has 1 atom stereocenters. The average molecular weight is 298 g/mol. The molecule has 0 radical (unpaired) electrons. The highest BCUT2D eigenvalue weighted by molar-refractivity contribution is 5.76. The zero-order chi connectivity index (χ0) is 16.0. The number of carboxylic acids is 1. The summed E-state index contributed by atoms with van der Waals surface area (Å²) >= 11 is 0. The van der Waals surface area contributed by atoms with Crippen LogP contribution in [0, 0.1) is 5.41 Å². The molecule has 1 unspecified atom stereocenters. The van der Waals surface area contributed by atoms with Crippen molar-refractivity contribution in [2.45, 2.75) is 58.9 Å². The van der Waals surface area contributed by atoms with Crippen LogP contribution < -0.4 is 0 Å². The Labute approximate surface area is 128 Å². The lowest BCUT2D eigenvalue weighted by molar-refractivity contribution is -0.138. The minimum absolute atomic E-state index is 0.0721. The highest BCUT2D eigenvalue weighted by Gasteiger charge is 2.24. The van der Waals surface area contributed by atoms with E-state index in [1.165, 1.54) is 0 Å². The van der Waals surface area contributed by atoms with Gasteiger partial charge in [0.1, 0.15) is 0 Å². The number of nitrogens with zero attached hydrogens (tertiary/aromatic N) is 2. The normalized spacial score (nSPS) is 20.4. The van der Waals surface area contributed by atoms with Crippen molar-refractivity contribution < 1.29 is 14.7 Å². The Morgan fingerprint density at radius 3 is 2.48 bits per heavy atom. The van der Waals surface area contributed by atoms with Gasteiger partial charge in [-0.2, -0.15) is 0 Å². The smallest absolute Gasteiger partial charge is 0.317 e. The SMILES string of the molecule is CN(CC(=O)O)C1CCCN(C(=O)CCC(C)(C)C)CC1. The first-order chi connectivity index (χ1) is 9.69. The predicted octanol–water partition coefficient (Wildman–Crippen LogP) is 2.21. The Bertz CT molecular complexity index is 363. The monoisotopic (exact) mass is 298 g/mol. The molecular weight excluding hydrogens is 268 g/mol. The van der Waals surface area contributed by atoms with Crippen molar-refractivity contribution in [2.75, 3.05) is 26.7 Å². The van der Waals surface area contributed by atoms with Crippen molar-refractivity contribution in [3.05, 3.63) is 0 Å². The summed E-state index contributed by atoms with van der Waals surface area (Å²) in [6.07, 6.45) is 4.30. The first-order valence-corrected chi connectivity index (χ1v) is 7.89. The minimum Gasteiger partial charge on any atom is -0.480 e. The molecule has 1 heterocycles. The number of aliphatic carboxylic acids is 1. The van der Waals surface area contributed by atoms with E-state index in [-0.39, 0.29) is 23.9 Å². The van der Waals surface area contributed by atoms with E-state index < -0.39 is 5.97 Å². The van der Waals surface area contributed by atoms with Crippen LogP contribution >= 0.6 is 0 Å². The summed E-state index contributed by atoms with van der Waals surface area (Å²) in [7, 11) is 1.86. The van der Waals surface area contributed by atoms with E-state index in [0.29, 0.717) is 6.42 Å². The van der Waals surface area contributed by atoms with Crippen LogP contribution in [0.2, 0.25) is 0 Å². The van der Waals surface area contributed by atoms with Crippen LogP contribution in [0.4, 0.5) is 0 Å². The van der Waals surface area contributed by atoms with Crippen molar-refractivity contribution in [1.82, 2.24) is 9.80 Å². The Morgan fingerprint density at radius 2 is 1.90 bits per heavy atom. The number of likely N-dealkylation sites (tertiary alicyclic amines) is 1. The first-order valence-electron chi connectivity index (χ1n) is 7.89. The fourth-order valence-electron chi connectivity index (χ4n) is 2.75. The zero-order valence-electron chi connectivity index (χ0n) is 13.9. The van der Waals surface area contributed by atoms with Crippen LogP contribution in [0.3, 0.4) is 0 Å². The molecule has 0 saturated carbocycles. The molecule has 122 valence electrons. The number of hydrogen-bond acceptors (Lipinski definition) is 3. The standard InChI is InChI=1S/C16H30N2O3/c1-16(2,3)9-7-14(19)18-10-5-6-13(8-11-18)17(4)12-15(20)21/h13H,5-12H2,1-4H3,(H,20,21). The van der Waals surface area contributed by atoms with Crippen LogP contribution in [-0.4, -0.2) is 59.5 Å². The molecule has 0 aromatic rings. The molecule has 0 aromatic carbocycles. The van der Waals surface area contributed by atoms with Gasteiger partial charge >= 0.3 is 5.97 Å². The number of carbonyl (C=O) groups excluding carboxylic acids is 1. The lowest BCUT2D eigenvalue weighted by Crippen LogP contribution is -2.37. The van der Waals surface area contributed by atoms with Crippen LogP contribution in [0.15, 0.2) is 0 Å². The number of hydrogen-bond donors (Lipinski definition) is 1. The first kappa shape index (κ1) is 18.0. The molecule has 1 aliphatic rings. The van der Waals surface area contributed by atoms with Crippen molar-refractivity contribution in [3.8, 4) is 0 Å². The molecule has 0 spiro atoms. The van der Waals surface area contributed by atoms with Gasteiger partial charge in [0, 0.05) is 25.6 Å². The minimum atomic E-state index is -0.792. The molecule has 1 aliphatic heterocycles. The van der Waals surface area contributed by atoms with Gasteiger partial charge in [-0.1, -0.05) is 20.8 Å². The number of amides is 1. The lowest BCUT2D eigenvalue weighted by Gasteiger charge is -2.26. The van der Waals surface area contributed by atoms with Gasteiger partial charge in [-0.25, -0.2) is 0 Å². The summed E-state index contributed by atoms with van der Waals surface area (Å²) in [5, 5.41) is 8.87. The second-order valence-electron chi connectivity index (χ2n) is 7.34. The molecule has 0 aromatic heterocycles. The van der Waals surface area contributed by atoms with Gasteiger partial charge in [-0.3, -0.25) is 14.5 Å². The van der Waals surface area contributed by atoms with Crippen LogP contribution in [-0.2, 0) is 9.59 Å². The molecule has 1 amide bonds. The van der Waals surface area contributed by atoms with Crippen molar-refractivity contribution >= 4 is 11.9 Å². The van der Waals surface area contributed by atoms with Gasteiger partial charge < -0.3 is 10.0 Å². The van der Waals surface area contributed by atoms with Crippen LogP contribution in [0.25, 0.3) is 0 Å². The van der Waals surface area contributed by atoms with Gasteiger partial charge in [-0.05, 0) is 38.1 Å². The van der Waals surface area contributed by atoms with E-state index in [1.807, 2.05) is 16.8 Å². The molecule has 1 fully saturated rings. The molecule has 1 N–H and O–H groups in total. The second kappa shape index (κ2) is 7.78. The Morgan fingerprint density at radius 1 is 1.24 bits per heavy atom. The van der Waals surface area contributed by atoms with Crippen LogP contribution in [0.1, 0.15) is 52.9 Å². The maximum absolute atomic E-state index is 12.3. The van der Waals surface area contributed by atoms with Gasteiger partial charge in [0.05, 0.1) is 6.54 Å². The third-order valence-corrected chi connectivity index (χ3v) is 4.15. The molecule has 0 aliphatic carbocycles. The molecule has 5 nitrogen and oxygen atoms in total. The van der Waals surface area contributed by atoms with E-state index in [9.17, 15) is 9.59 Å². The third-order valence-electron chi connectivity index (χ3n) is 4.15.